The Morgan fingerprint density at radius 3 is 2.76 bits per heavy atom. The molecule has 2 rings (SSSR count). The molecule has 1 fully saturated rings. The third kappa shape index (κ3) is 3.09. The second kappa shape index (κ2) is 5.36. The average molecular weight is 236 g/mol. The number of furan rings is 1. The quantitative estimate of drug-likeness (QED) is 0.867. The molecule has 1 saturated heterocycles. The van der Waals surface area contributed by atoms with Crippen LogP contribution in [0.3, 0.4) is 0 Å². The van der Waals surface area contributed by atoms with Crippen LogP contribution in [0.15, 0.2) is 16.5 Å². The van der Waals surface area contributed by atoms with Gasteiger partial charge in [0.1, 0.15) is 5.76 Å². The summed E-state index contributed by atoms with van der Waals surface area (Å²) < 4.78 is 5.28. The highest BCUT2D eigenvalue weighted by molar-refractivity contribution is 5.91. The van der Waals surface area contributed by atoms with E-state index in [2.05, 4.69) is 17.1 Å². The van der Waals surface area contributed by atoms with Gasteiger partial charge in [0, 0.05) is 12.6 Å². The van der Waals surface area contributed by atoms with E-state index in [9.17, 15) is 4.79 Å². The van der Waals surface area contributed by atoms with Crippen molar-refractivity contribution in [1.29, 1.82) is 0 Å². The Labute approximate surface area is 102 Å². The first-order valence-electron chi connectivity index (χ1n) is 6.25. The molecule has 17 heavy (non-hydrogen) atoms. The molecule has 0 aromatic carbocycles. The lowest BCUT2D eigenvalue weighted by Crippen LogP contribution is -2.40. The molecular formula is C13H20N2O2. The minimum Gasteiger partial charge on any atom is -0.456 e. The highest BCUT2D eigenvalue weighted by atomic mass is 16.3. The standard InChI is InChI=1S/C13H20N2O2/c1-10(15-7-3-4-8-15)9-14-13(16)12-6-5-11(2)17-12/h5-6,10H,3-4,7-9H2,1-2H3,(H,14,16)/t10-/m0/s1. The van der Waals surface area contributed by atoms with E-state index in [1.165, 1.54) is 12.8 Å². The first-order chi connectivity index (χ1) is 8.16. The van der Waals surface area contributed by atoms with Crippen LogP contribution < -0.4 is 5.32 Å². The van der Waals surface area contributed by atoms with Gasteiger partial charge in [0.25, 0.3) is 5.91 Å². The number of carbonyl (C=O) groups is 1. The number of hydrogen-bond acceptors (Lipinski definition) is 3. The Morgan fingerprint density at radius 2 is 2.18 bits per heavy atom. The summed E-state index contributed by atoms with van der Waals surface area (Å²) in [6, 6.07) is 3.92. The summed E-state index contributed by atoms with van der Waals surface area (Å²) in [5.74, 6) is 1.04. The second-order valence-corrected chi connectivity index (χ2v) is 4.71. The number of likely N-dealkylation sites (tertiary alicyclic amines) is 1. The molecule has 0 radical (unpaired) electrons. The van der Waals surface area contributed by atoms with Gasteiger partial charge < -0.3 is 9.73 Å². The van der Waals surface area contributed by atoms with Crippen molar-refractivity contribution in [3.05, 3.63) is 23.7 Å². The van der Waals surface area contributed by atoms with Gasteiger partial charge in [-0.1, -0.05) is 0 Å². The van der Waals surface area contributed by atoms with Gasteiger partial charge in [0.15, 0.2) is 5.76 Å². The van der Waals surface area contributed by atoms with Crippen molar-refractivity contribution < 1.29 is 9.21 Å². The molecule has 4 nitrogen and oxygen atoms in total. The van der Waals surface area contributed by atoms with Crippen LogP contribution >= 0.6 is 0 Å². The third-order valence-electron chi connectivity index (χ3n) is 3.29. The molecular weight excluding hydrogens is 216 g/mol. The summed E-state index contributed by atoms with van der Waals surface area (Å²) in [7, 11) is 0. The van der Waals surface area contributed by atoms with Gasteiger partial charge in [-0.05, 0) is 51.9 Å². The fraction of sp³-hybridized carbons (Fsp3) is 0.615. The van der Waals surface area contributed by atoms with Gasteiger partial charge in [-0.2, -0.15) is 0 Å². The summed E-state index contributed by atoms with van der Waals surface area (Å²) in [6.45, 7) is 6.97. The molecule has 2 heterocycles. The van der Waals surface area contributed by atoms with E-state index in [0.29, 0.717) is 18.3 Å². The summed E-state index contributed by atoms with van der Waals surface area (Å²) >= 11 is 0. The van der Waals surface area contributed by atoms with Gasteiger partial charge in [-0.15, -0.1) is 0 Å². The van der Waals surface area contributed by atoms with Crippen molar-refractivity contribution >= 4 is 5.91 Å². The number of carbonyl (C=O) groups excluding carboxylic acids is 1. The molecule has 1 amide bonds. The third-order valence-corrected chi connectivity index (χ3v) is 3.29. The van der Waals surface area contributed by atoms with Crippen molar-refractivity contribution in [2.24, 2.45) is 0 Å². The number of aryl methyl sites for hydroxylation is 1. The van der Waals surface area contributed by atoms with Gasteiger partial charge >= 0.3 is 0 Å². The van der Waals surface area contributed by atoms with Crippen molar-refractivity contribution in [2.45, 2.75) is 32.7 Å². The molecule has 1 aromatic heterocycles. The fourth-order valence-corrected chi connectivity index (χ4v) is 2.20. The minimum absolute atomic E-state index is 0.121. The molecule has 4 heteroatoms. The number of nitrogens with zero attached hydrogens (tertiary/aromatic N) is 1. The first kappa shape index (κ1) is 12.2. The fourth-order valence-electron chi connectivity index (χ4n) is 2.20. The molecule has 1 aliphatic rings. The van der Waals surface area contributed by atoms with E-state index in [0.717, 1.165) is 18.8 Å². The smallest absolute Gasteiger partial charge is 0.287 e. The van der Waals surface area contributed by atoms with Crippen molar-refractivity contribution in [2.75, 3.05) is 19.6 Å². The molecule has 0 aliphatic carbocycles. The maximum Gasteiger partial charge on any atom is 0.287 e. The SMILES string of the molecule is Cc1ccc(C(=O)NC[C@H](C)N2CCCC2)o1. The zero-order valence-electron chi connectivity index (χ0n) is 10.5. The van der Waals surface area contributed by atoms with Gasteiger partial charge in [0.2, 0.25) is 0 Å². The molecule has 1 aliphatic heterocycles. The Balaban J connectivity index is 1.79. The van der Waals surface area contributed by atoms with Crippen LogP contribution in [0.1, 0.15) is 36.1 Å². The van der Waals surface area contributed by atoms with E-state index in [1.54, 1.807) is 12.1 Å². The molecule has 94 valence electrons. The summed E-state index contributed by atoms with van der Waals surface area (Å²) in [4.78, 5) is 14.2. The molecule has 0 unspecified atom stereocenters. The second-order valence-electron chi connectivity index (χ2n) is 4.71. The van der Waals surface area contributed by atoms with E-state index < -0.39 is 0 Å². The Hall–Kier alpha value is -1.29. The van der Waals surface area contributed by atoms with Crippen molar-refractivity contribution in [3.8, 4) is 0 Å². The summed E-state index contributed by atoms with van der Waals surface area (Å²) in [5, 5.41) is 2.91. The van der Waals surface area contributed by atoms with Crippen LogP contribution in [0.25, 0.3) is 0 Å². The zero-order valence-corrected chi connectivity index (χ0v) is 10.5. The minimum atomic E-state index is -0.121. The summed E-state index contributed by atoms with van der Waals surface area (Å²) in [5.41, 5.74) is 0. The maximum absolute atomic E-state index is 11.8. The molecule has 1 aromatic rings. The zero-order chi connectivity index (χ0) is 12.3. The van der Waals surface area contributed by atoms with E-state index >= 15 is 0 Å². The highest BCUT2D eigenvalue weighted by Gasteiger charge is 2.19. The van der Waals surface area contributed by atoms with Crippen LogP contribution in [0.2, 0.25) is 0 Å². The molecule has 1 N–H and O–H groups in total. The van der Waals surface area contributed by atoms with E-state index in [-0.39, 0.29) is 5.91 Å². The van der Waals surface area contributed by atoms with Crippen LogP contribution in [0.5, 0.6) is 0 Å². The average Bonchev–Trinajstić information content (AvgIpc) is 2.95. The van der Waals surface area contributed by atoms with Crippen LogP contribution in [0.4, 0.5) is 0 Å². The normalized spacial score (nSPS) is 18.2. The van der Waals surface area contributed by atoms with Gasteiger partial charge in [-0.25, -0.2) is 0 Å². The number of rotatable bonds is 4. The molecule has 0 saturated carbocycles. The lowest BCUT2D eigenvalue weighted by atomic mass is 10.3. The lowest BCUT2D eigenvalue weighted by Gasteiger charge is -2.23. The topological polar surface area (TPSA) is 45.5 Å². The predicted molar refractivity (Wildman–Crippen MR) is 66.0 cm³/mol. The monoisotopic (exact) mass is 236 g/mol. The largest absolute Gasteiger partial charge is 0.456 e. The molecule has 0 spiro atoms. The highest BCUT2D eigenvalue weighted by Crippen LogP contribution is 2.11. The Kier molecular flexibility index (Phi) is 3.84. The molecule has 1 atom stereocenters. The van der Waals surface area contributed by atoms with E-state index in [1.807, 2.05) is 6.92 Å². The van der Waals surface area contributed by atoms with Gasteiger partial charge in [-0.3, -0.25) is 9.69 Å². The predicted octanol–water partition coefficient (Wildman–Crippen LogP) is 1.80. The Morgan fingerprint density at radius 1 is 1.47 bits per heavy atom. The van der Waals surface area contributed by atoms with Crippen LogP contribution in [0, 0.1) is 6.92 Å². The Bertz CT molecular complexity index is 381. The first-order valence-corrected chi connectivity index (χ1v) is 6.25. The summed E-state index contributed by atoms with van der Waals surface area (Å²) in [6.07, 6.45) is 2.55. The number of nitrogens with one attached hydrogen (secondary N) is 1. The van der Waals surface area contributed by atoms with E-state index in [4.69, 9.17) is 4.42 Å². The van der Waals surface area contributed by atoms with Crippen molar-refractivity contribution in [1.82, 2.24) is 10.2 Å². The maximum atomic E-state index is 11.8. The number of amides is 1. The number of hydrogen-bond donors (Lipinski definition) is 1. The molecule has 0 bridgehead atoms. The van der Waals surface area contributed by atoms with Crippen LogP contribution in [-0.4, -0.2) is 36.5 Å². The lowest BCUT2D eigenvalue weighted by molar-refractivity contribution is 0.0911. The van der Waals surface area contributed by atoms with Crippen molar-refractivity contribution in [3.63, 3.8) is 0 Å². The van der Waals surface area contributed by atoms with Gasteiger partial charge in [0.05, 0.1) is 0 Å². The van der Waals surface area contributed by atoms with Crippen LogP contribution in [-0.2, 0) is 0 Å².